The summed E-state index contributed by atoms with van der Waals surface area (Å²) in [5.74, 6) is 6.39. The van der Waals surface area contributed by atoms with Crippen LogP contribution in [-0.4, -0.2) is 14.5 Å². The van der Waals surface area contributed by atoms with Gasteiger partial charge in [0.1, 0.15) is 5.69 Å². The number of anilines is 3. The molecule has 0 saturated carbocycles. The SMILES string of the molecule is Nc1ccccc1N(N)c1c(-c2ccc(C(F)(F)F)c(Cl)c2)[nH]c(=O)n(-c2cncc3ccccc23)c1=O. The van der Waals surface area contributed by atoms with Crippen LogP contribution in [0.25, 0.3) is 27.7 Å². The van der Waals surface area contributed by atoms with Gasteiger partial charge in [-0.15, -0.1) is 0 Å². The second kappa shape index (κ2) is 9.36. The Morgan fingerprint density at radius 2 is 1.68 bits per heavy atom. The number of aromatic nitrogens is 3. The second-order valence-corrected chi connectivity index (χ2v) is 8.70. The first-order valence-electron chi connectivity index (χ1n) is 11.1. The highest BCUT2D eigenvalue weighted by atomic mass is 35.5. The normalized spacial score (nSPS) is 11.6. The number of para-hydroxylation sites is 2. The monoisotopic (exact) mass is 538 g/mol. The lowest BCUT2D eigenvalue weighted by molar-refractivity contribution is -0.137. The zero-order chi connectivity index (χ0) is 27.2. The highest BCUT2D eigenvalue weighted by molar-refractivity contribution is 6.31. The number of fused-ring (bicyclic) bond motifs is 1. The number of aromatic amines is 1. The van der Waals surface area contributed by atoms with E-state index in [1.54, 1.807) is 54.7 Å². The molecule has 5 rings (SSSR count). The Kier molecular flexibility index (Phi) is 6.17. The lowest BCUT2D eigenvalue weighted by atomic mass is 10.1. The van der Waals surface area contributed by atoms with Crippen molar-refractivity contribution >= 4 is 39.4 Å². The van der Waals surface area contributed by atoms with E-state index in [1.807, 2.05) is 0 Å². The van der Waals surface area contributed by atoms with Crippen molar-refractivity contribution in [1.82, 2.24) is 14.5 Å². The number of H-pyrrole nitrogens is 1. The molecule has 0 aliphatic rings. The minimum absolute atomic E-state index is 0.0281. The van der Waals surface area contributed by atoms with Crippen molar-refractivity contribution in [2.75, 3.05) is 10.7 Å². The predicted molar refractivity (Wildman–Crippen MR) is 141 cm³/mol. The predicted octanol–water partition coefficient (Wildman–Crippen LogP) is 5.01. The van der Waals surface area contributed by atoms with E-state index in [9.17, 15) is 22.8 Å². The molecule has 0 spiro atoms. The number of nitrogens with one attached hydrogen (secondary N) is 1. The summed E-state index contributed by atoms with van der Waals surface area (Å²) < 4.78 is 40.8. The van der Waals surface area contributed by atoms with Crippen LogP contribution >= 0.6 is 11.6 Å². The lowest BCUT2D eigenvalue weighted by Crippen LogP contribution is -2.41. The van der Waals surface area contributed by atoms with E-state index in [-0.39, 0.29) is 34.0 Å². The summed E-state index contributed by atoms with van der Waals surface area (Å²) in [5, 5.41) is 1.60. The summed E-state index contributed by atoms with van der Waals surface area (Å²) in [7, 11) is 0. The number of nitrogens with two attached hydrogens (primary N) is 2. The molecule has 192 valence electrons. The third kappa shape index (κ3) is 4.27. The fourth-order valence-electron chi connectivity index (χ4n) is 4.18. The molecule has 0 aliphatic heterocycles. The van der Waals surface area contributed by atoms with E-state index < -0.39 is 28.0 Å². The molecule has 0 amide bonds. The fourth-order valence-corrected chi connectivity index (χ4v) is 4.47. The standard InChI is InChI=1S/C26H18ClF3N6O2/c27-18-11-14(9-10-17(18)26(28,29)30)22-23(36(32)20-8-4-3-7-19(20)31)24(37)35(25(38)34-22)21-13-33-12-15-5-1-2-6-16(15)21/h1-13H,31-32H2,(H,34,38). The van der Waals surface area contributed by atoms with Crippen molar-refractivity contribution in [3.05, 3.63) is 111 Å². The Labute approximate surface area is 217 Å². The van der Waals surface area contributed by atoms with Crippen LogP contribution in [0.5, 0.6) is 0 Å². The van der Waals surface area contributed by atoms with E-state index in [0.717, 1.165) is 27.8 Å². The molecule has 0 bridgehead atoms. The number of pyridine rings is 1. The number of alkyl halides is 3. The third-order valence-corrected chi connectivity index (χ3v) is 6.28. The molecule has 38 heavy (non-hydrogen) atoms. The van der Waals surface area contributed by atoms with Crippen LogP contribution < -0.4 is 27.8 Å². The van der Waals surface area contributed by atoms with Gasteiger partial charge in [-0.25, -0.2) is 15.2 Å². The zero-order valence-electron chi connectivity index (χ0n) is 19.3. The summed E-state index contributed by atoms with van der Waals surface area (Å²) >= 11 is 5.94. The number of rotatable bonds is 4. The van der Waals surface area contributed by atoms with Gasteiger partial charge in [0.25, 0.3) is 5.56 Å². The average Bonchev–Trinajstić information content (AvgIpc) is 2.87. The molecule has 0 atom stereocenters. The van der Waals surface area contributed by atoms with Gasteiger partial charge in [-0.1, -0.05) is 54.1 Å². The Balaban J connectivity index is 1.84. The van der Waals surface area contributed by atoms with Gasteiger partial charge in [-0.2, -0.15) is 13.2 Å². The summed E-state index contributed by atoms with van der Waals surface area (Å²) in [4.78, 5) is 34.1. The molecule has 0 fully saturated rings. The van der Waals surface area contributed by atoms with Gasteiger partial charge >= 0.3 is 11.9 Å². The molecule has 0 saturated heterocycles. The van der Waals surface area contributed by atoms with Crippen LogP contribution in [0.2, 0.25) is 5.02 Å². The second-order valence-electron chi connectivity index (χ2n) is 8.30. The first kappa shape index (κ1) is 25.1. The topological polar surface area (TPSA) is 123 Å². The third-order valence-electron chi connectivity index (χ3n) is 5.97. The van der Waals surface area contributed by atoms with Crippen molar-refractivity contribution in [1.29, 1.82) is 0 Å². The molecule has 2 aromatic heterocycles. The summed E-state index contributed by atoms with van der Waals surface area (Å²) in [6.45, 7) is 0. The number of halogens is 4. The molecular formula is C26H18ClF3N6O2. The highest BCUT2D eigenvalue weighted by Gasteiger charge is 2.33. The maximum atomic E-state index is 14.0. The number of benzene rings is 3. The van der Waals surface area contributed by atoms with Crippen LogP contribution in [0, 0.1) is 0 Å². The number of hydrazine groups is 1. The van der Waals surface area contributed by atoms with E-state index in [4.69, 9.17) is 23.2 Å². The Morgan fingerprint density at radius 3 is 2.39 bits per heavy atom. The van der Waals surface area contributed by atoms with Crippen molar-refractivity contribution in [3.8, 4) is 16.9 Å². The van der Waals surface area contributed by atoms with E-state index >= 15 is 0 Å². The number of nitrogens with zero attached hydrogens (tertiary/aromatic N) is 3. The summed E-state index contributed by atoms with van der Waals surface area (Å²) in [5.41, 5.74) is 3.54. The van der Waals surface area contributed by atoms with E-state index in [0.29, 0.717) is 10.8 Å². The van der Waals surface area contributed by atoms with Crippen molar-refractivity contribution < 1.29 is 13.2 Å². The summed E-state index contributed by atoms with van der Waals surface area (Å²) in [6, 6.07) is 16.3. The number of nitrogen functional groups attached to an aromatic ring is 1. The van der Waals surface area contributed by atoms with Gasteiger partial charge in [-0.05, 0) is 24.3 Å². The zero-order valence-corrected chi connectivity index (χ0v) is 20.1. The van der Waals surface area contributed by atoms with Crippen molar-refractivity contribution in [2.24, 2.45) is 5.84 Å². The molecule has 5 aromatic rings. The largest absolute Gasteiger partial charge is 0.417 e. The molecule has 0 unspecified atom stereocenters. The van der Waals surface area contributed by atoms with E-state index in [1.165, 1.54) is 6.20 Å². The smallest absolute Gasteiger partial charge is 0.397 e. The van der Waals surface area contributed by atoms with E-state index in [2.05, 4.69) is 9.97 Å². The molecule has 0 radical (unpaired) electrons. The highest BCUT2D eigenvalue weighted by Crippen LogP contribution is 2.38. The van der Waals surface area contributed by atoms with Gasteiger partial charge in [-0.3, -0.25) is 14.8 Å². The summed E-state index contributed by atoms with van der Waals surface area (Å²) in [6.07, 6.45) is -1.76. The minimum atomic E-state index is -4.70. The maximum Gasteiger partial charge on any atom is 0.417 e. The first-order valence-corrected chi connectivity index (χ1v) is 11.4. The molecule has 5 N–H and O–H groups in total. The molecule has 12 heteroatoms. The van der Waals surface area contributed by atoms with Gasteiger partial charge in [0.2, 0.25) is 0 Å². The molecular weight excluding hydrogens is 521 g/mol. The molecule has 0 aliphatic carbocycles. The first-order chi connectivity index (χ1) is 18.1. The number of hydrogen-bond donors (Lipinski definition) is 3. The van der Waals surface area contributed by atoms with Crippen LogP contribution in [0.1, 0.15) is 5.56 Å². The van der Waals surface area contributed by atoms with Crippen LogP contribution in [0.3, 0.4) is 0 Å². The molecule has 2 heterocycles. The van der Waals surface area contributed by atoms with Gasteiger partial charge < -0.3 is 10.7 Å². The average molecular weight is 539 g/mol. The van der Waals surface area contributed by atoms with Crippen molar-refractivity contribution in [2.45, 2.75) is 6.18 Å². The quantitative estimate of drug-likeness (QED) is 0.168. The minimum Gasteiger partial charge on any atom is -0.397 e. The van der Waals surface area contributed by atoms with Crippen molar-refractivity contribution in [3.63, 3.8) is 0 Å². The number of hydrogen-bond acceptors (Lipinski definition) is 6. The maximum absolute atomic E-state index is 14.0. The fraction of sp³-hybridized carbons (Fsp3) is 0.0385. The van der Waals surface area contributed by atoms with Gasteiger partial charge in [0, 0.05) is 22.5 Å². The van der Waals surface area contributed by atoms with Gasteiger partial charge in [0.15, 0.2) is 0 Å². The molecule has 3 aromatic carbocycles. The van der Waals surface area contributed by atoms with Gasteiger partial charge in [0.05, 0.1) is 39.5 Å². The Bertz CT molecular complexity index is 1810. The lowest BCUT2D eigenvalue weighted by Gasteiger charge is -2.23. The van der Waals surface area contributed by atoms with Crippen LogP contribution in [-0.2, 0) is 6.18 Å². The Morgan fingerprint density at radius 1 is 0.974 bits per heavy atom. The molecule has 8 nitrogen and oxygen atoms in total. The Hall–Kier alpha value is -4.61. The van der Waals surface area contributed by atoms with Crippen LogP contribution in [0.4, 0.5) is 30.2 Å². The van der Waals surface area contributed by atoms with Crippen LogP contribution in [0.15, 0.2) is 88.7 Å².